The van der Waals surface area contributed by atoms with Crippen molar-refractivity contribution < 1.29 is 4.39 Å². The molecular formula is C18H21BrFN. The Hall–Kier alpha value is -1.19. The predicted octanol–water partition coefficient (Wildman–Crippen LogP) is 4.66. The van der Waals surface area contributed by atoms with Crippen molar-refractivity contribution in [1.29, 1.82) is 0 Å². The van der Waals surface area contributed by atoms with Gasteiger partial charge in [0, 0.05) is 6.04 Å². The average Bonchev–Trinajstić information content (AvgIpc) is 2.49. The molecule has 0 aliphatic rings. The Balaban J connectivity index is 1.93. The maximum absolute atomic E-state index is 13.3. The minimum Gasteiger partial charge on any atom is -0.317 e. The van der Waals surface area contributed by atoms with Crippen LogP contribution in [0.25, 0.3) is 0 Å². The molecule has 0 amide bonds. The summed E-state index contributed by atoms with van der Waals surface area (Å²) in [6.45, 7) is 2.10. The van der Waals surface area contributed by atoms with Gasteiger partial charge in [-0.15, -0.1) is 0 Å². The van der Waals surface area contributed by atoms with Gasteiger partial charge in [0.05, 0.1) is 4.47 Å². The van der Waals surface area contributed by atoms with E-state index in [4.69, 9.17) is 0 Å². The summed E-state index contributed by atoms with van der Waals surface area (Å²) in [5.41, 5.74) is 3.80. The lowest BCUT2D eigenvalue weighted by atomic mass is 9.99. The first kappa shape index (κ1) is 16.2. The lowest BCUT2D eigenvalue weighted by Gasteiger charge is -2.16. The van der Waals surface area contributed by atoms with Crippen molar-refractivity contribution in [3.8, 4) is 0 Å². The van der Waals surface area contributed by atoms with Crippen LogP contribution in [0, 0.1) is 12.7 Å². The van der Waals surface area contributed by atoms with Gasteiger partial charge >= 0.3 is 0 Å². The summed E-state index contributed by atoms with van der Waals surface area (Å²) >= 11 is 3.24. The van der Waals surface area contributed by atoms with Crippen molar-refractivity contribution in [2.45, 2.75) is 32.2 Å². The Morgan fingerprint density at radius 1 is 1.10 bits per heavy atom. The highest BCUT2D eigenvalue weighted by Crippen LogP contribution is 2.19. The number of hydrogen-bond acceptors (Lipinski definition) is 1. The predicted molar refractivity (Wildman–Crippen MR) is 90.2 cm³/mol. The van der Waals surface area contributed by atoms with Gasteiger partial charge in [-0.1, -0.05) is 35.9 Å². The molecule has 1 unspecified atom stereocenters. The van der Waals surface area contributed by atoms with E-state index < -0.39 is 0 Å². The Labute approximate surface area is 134 Å². The van der Waals surface area contributed by atoms with Gasteiger partial charge in [0.25, 0.3) is 0 Å². The van der Waals surface area contributed by atoms with Crippen LogP contribution in [-0.4, -0.2) is 13.1 Å². The molecule has 0 aliphatic carbocycles. The molecule has 0 saturated carbocycles. The third-order valence-electron chi connectivity index (χ3n) is 3.78. The van der Waals surface area contributed by atoms with E-state index in [0.29, 0.717) is 10.5 Å². The summed E-state index contributed by atoms with van der Waals surface area (Å²) in [6, 6.07) is 14.3. The fourth-order valence-corrected chi connectivity index (χ4v) is 2.82. The van der Waals surface area contributed by atoms with Gasteiger partial charge in [-0.3, -0.25) is 0 Å². The Kier molecular flexibility index (Phi) is 5.95. The molecule has 21 heavy (non-hydrogen) atoms. The largest absolute Gasteiger partial charge is 0.317 e. The van der Waals surface area contributed by atoms with Crippen molar-refractivity contribution in [1.82, 2.24) is 5.32 Å². The number of aryl methyl sites for hydroxylation is 2. The second kappa shape index (κ2) is 7.71. The normalized spacial score (nSPS) is 12.4. The summed E-state index contributed by atoms with van der Waals surface area (Å²) in [5, 5.41) is 3.36. The Morgan fingerprint density at radius 2 is 1.76 bits per heavy atom. The van der Waals surface area contributed by atoms with E-state index in [1.54, 1.807) is 0 Å². The number of benzene rings is 2. The monoisotopic (exact) mass is 349 g/mol. The van der Waals surface area contributed by atoms with E-state index in [0.717, 1.165) is 24.8 Å². The molecule has 0 heterocycles. The van der Waals surface area contributed by atoms with Gasteiger partial charge < -0.3 is 5.32 Å². The first-order valence-electron chi connectivity index (χ1n) is 7.25. The maximum atomic E-state index is 13.3. The quantitative estimate of drug-likeness (QED) is 0.799. The van der Waals surface area contributed by atoms with Crippen molar-refractivity contribution in [3.05, 3.63) is 69.4 Å². The molecule has 2 rings (SSSR count). The molecule has 1 N–H and O–H groups in total. The van der Waals surface area contributed by atoms with Gasteiger partial charge in [-0.05, 0) is 72.4 Å². The SMILES string of the molecule is CNC(CCc1ccc(C)cc1)Cc1ccc(F)c(Br)c1. The number of halogens is 2. The smallest absolute Gasteiger partial charge is 0.137 e. The zero-order chi connectivity index (χ0) is 15.2. The van der Waals surface area contributed by atoms with E-state index in [1.165, 1.54) is 17.2 Å². The van der Waals surface area contributed by atoms with E-state index in [-0.39, 0.29) is 5.82 Å². The van der Waals surface area contributed by atoms with Gasteiger partial charge in [0.15, 0.2) is 0 Å². The third-order valence-corrected chi connectivity index (χ3v) is 4.38. The molecule has 2 aromatic rings. The molecule has 1 nitrogen and oxygen atoms in total. The lowest BCUT2D eigenvalue weighted by molar-refractivity contribution is 0.519. The second-order valence-corrected chi connectivity index (χ2v) is 6.32. The second-order valence-electron chi connectivity index (χ2n) is 5.46. The van der Waals surface area contributed by atoms with Crippen LogP contribution in [0.1, 0.15) is 23.1 Å². The summed E-state index contributed by atoms with van der Waals surface area (Å²) in [5.74, 6) is -0.209. The van der Waals surface area contributed by atoms with Crippen LogP contribution < -0.4 is 5.32 Å². The zero-order valence-electron chi connectivity index (χ0n) is 12.5. The Morgan fingerprint density at radius 3 is 2.38 bits per heavy atom. The molecule has 3 heteroatoms. The molecule has 2 aromatic carbocycles. The molecule has 0 aliphatic heterocycles. The fourth-order valence-electron chi connectivity index (χ4n) is 2.40. The van der Waals surface area contributed by atoms with Crippen LogP contribution in [0.2, 0.25) is 0 Å². The van der Waals surface area contributed by atoms with Crippen molar-refractivity contribution in [2.24, 2.45) is 0 Å². The molecule has 1 atom stereocenters. The van der Waals surface area contributed by atoms with Gasteiger partial charge in [0.2, 0.25) is 0 Å². The molecule has 0 aromatic heterocycles. The number of nitrogens with one attached hydrogen (secondary N) is 1. The highest BCUT2D eigenvalue weighted by atomic mass is 79.9. The summed E-state index contributed by atoms with van der Waals surface area (Å²) in [6.07, 6.45) is 3.02. The van der Waals surface area contributed by atoms with E-state index >= 15 is 0 Å². The molecule has 0 spiro atoms. The molecule has 0 bridgehead atoms. The molecular weight excluding hydrogens is 329 g/mol. The zero-order valence-corrected chi connectivity index (χ0v) is 14.1. The van der Waals surface area contributed by atoms with Crippen LogP contribution in [0.4, 0.5) is 4.39 Å². The van der Waals surface area contributed by atoms with E-state index in [2.05, 4.69) is 52.4 Å². The van der Waals surface area contributed by atoms with Crippen molar-refractivity contribution >= 4 is 15.9 Å². The first-order valence-corrected chi connectivity index (χ1v) is 8.04. The summed E-state index contributed by atoms with van der Waals surface area (Å²) in [4.78, 5) is 0. The molecule has 0 fully saturated rings. The van der Waals surface area contributed by atoms with E-state index in [9.17, 15) is 4.39 Å². The topological polar surface area (TPSA) is 12.0 Å². The van der Waals surface area contributed by atoms with Crippen LogP contribution in [-0.2, 0) is 12.8 Å². The van der Waals surface area contributed by atoms with Crippen LogP contribution in [0.15, 0.2) is 46.9 Å². The standard InChI is InChI=1S/C18H21BrFN/c1-13-3-5-14(6-4-13)7-9-16(21-2)11-15-8-10-18(20)17(19)12-15/h3-6,8,10,12,16,21H,7,9,11H2,1-2H3. The number of hydrogen-bond donors (Lipinski definition) is 1. The number of likely N-dealkylation sites (N-methyl/N-ethyl adjacent to an activating group) is 1. The minimum atomic E-state index is -0.209. The van der Waals surface area contributed by atoms with Crippen LogP contribution in [0.5, 0.6) is 0 Å². The van der Waals surface area contributed by atoms with Gasteiger partial charge in [-0.2, -0.15) is 0 Å². The molecule has 112 valence electrons. The van der Waals surface area contributed by atoms with Gasteiger partial charge in [0.1, 0.15) is 5.82 Å². The molecule has 0 radical (unpaired) electrons. The summed E-state index contributed by atoms with van der Waals surface area (Å²) in [7, 11) is 1.98. The maximum Gasteiger partial charge on any atom is 0.137 e. The summed E-state index contributed by atoms with van der Waals surface area (Å²) < 4.78 is 13.8. The van der Waals surface area contributed by atoms with Crippen molar-refractivity contribution in [2.75, 3.05) is 7.05 Å². The highest BCUT2D eigenvalue weighted by molar-refractivity contribution is 9.10. The van der Waals surface area contributed by atoms with Crippen LogP contribution in [0.3, 0.4) is 0 Å². The Bertz CT molecular complexity index is 580. The average molecular weight is 350 g/mol. The van der Waals surface area contributed by atoms with Crippen LogP contribution >= 0.6 is 15.9 Å². The molecule has 0 saturated heterocycles. The third kappa shape index (κ3) is 4.94. The van der Waals surface area contributed by atoms with E-state index in [1.807, 2.05) is 19.2 Å². The first-order chi connectivity index (χ1) is 10.1. The fraction of sp³-hybridized carbons (Fsp3) is 0.333. The number of rotatable bonds is 6. The van der Waals surface area contributed by atoms with Gasteiger partial charge in [-0.25, -0.2) is 4.39 Å². The highest BCUT2D eigenvalue weighted by Gasteiger charge is 2.09. The lowest BCUT2D eigenvalue weighted by Crippen LogP contribution is -2.28. The minimum absolute atomic E-state index is 0.209. The van der Waals surface area contributed by atoms with Crippen molar-refractivity contribution in [3.63, 3.8) is 0 Å².